The number of carboxylic acid groups (broad SMARTS) is 1. The van der Waals surface area contributed by atoms with E-state index >= 15 is 0 Å². The van der Waals surface area contributed by atoms with Crippen LogP contribution in [0.3, 0.4) is 0 Å². The minimum Gasteiger partial charge on any atom is -0.480 e. The molecule has 148 valence electrons. The summed E-state index contributed by atoms with van der Waals surface area (Å²) < 4.78 is 0. The SMILES string of the molecule is CCCCCCCCCCCCCCCC(O)CC(=O)NCC(=O)O. The zero-order valence-corrected chi connectivity index (χ0v) is 16.1. The van der Waals surface area contributed by atoms with Crippen LogP contribution in [-0.4, -0.2) is 34.7 Å². The van der Waals surface area contributed by atoms with E-state index in [-0.39, 0.29) is 13.0 Å². The first-order valence-corrected chi connectivity index (χ1v) is 10.2. The molecule has 0 aliphatic heterocycles. The van der Waals surface area contributed by atoms with Crippen LogP contribution in [0.2, 0.25) is 0 Å². The summed E-state index contributed by atoms with van der Waals surface area (Å²) in [6.07, 6.45) is 16.6. The van der Waals surface area contributed by atoms with Gasteiger partial charge in [0.05, 0.1) is 12.5 Å². The van der Waals surface area contributed by atoms with E-state index in [4.69, 9.17) is 5.11 Å². The molecule has 0 aromatic rings. The van der Waals surface area contributed by atoms with Crippen LogP contribution in [0.25, 0.3) is 0 Å². The molecule has 1 amide bonds. The lowest BCUT2D eigenvalue weighted by Gasteiger charge is -2.10. The lowest BCUT2D eigenvalue weighted by molar-refractivity contribution is -0.138. The minimum absolute atomic E-state index is 0.00840. The molecule has 0 aliphatic rings. The monoisotopic (exact) mass is 357 g/mol. The van der Waals surface area contributed by atoms with Crippen molar-refractivity contribution in [3.8, 4) is 0 Å². The van der Waals surface area contributed by atoms with Crippen molar-refractivity contribution in [1.82, 2.24) is 5.32 Å². The zero-order valence-electron chi connectivity index (χ0n) is 16.1. The third-order valence-electron chi connectivity index (χ3n) is 4.50. The van der Waals surface area contributed by atoms with Crippen molar-refractivity contribution >= 4 is 11.9 Å². The van der Waals surface area contributed by atoms with Gasteiger partial charge in [0.1, 0.15) is 6.54 Å². The van der Waals surface area contributed by atoms with E-state index in [2.05, 4.69) is 12.2 Å². The first-order valence-electron chi connectivity index (χ1n) is 10.2. The van der Waals surface area contributed by atoms with Gasteiger partial charge in [0.25, 0.3) is 0 Å². The quantitative estimate of drug-likeness (QED) is 0.317. The topological polar surface area (TPSA) is 86.6 Å². The summed E-state index contributed by atoms with van der Waals surface area (Å²) in [6.45, 7) is 1.87. The van der Waals surface area contributed by atoms with Crippen molar-refractivity contribution in [2.24, 2.45) is 0 Å². The number of carbonyl (C=O) groups is 2. The Morgan fingerprint density at radius 1 is 0.800 bits per heavy atom. The van der Waals surface area contributed by atoms with E-state index in [1.54, 1.807) is 0 Å². The van der Waals surface area contributed by atoms with Crippen LogP contribution in [0.4, 0.5) is 0 Å². The summed E-state index contributed by atoms with van der Waals surface area (Å²) in [5.74, 6) is -1.47. The minimum atomic E-state index is -1.07. The van der Waals surface area contributed by atoms with Gasteiger partial charge in [-0.3, -0.25) is 9.59 Å². The van der Waals surface area contributed by atoms with Gasteiger partial charge in [-0.05, 0) is 6.42 Å². The number of amides is 1. The highest BCUT2D eigenvalue weighted by molar-refractivity contribution is 5.81. The average Bonchev–Trinajstić information content (AvgIpc) is 2.57. The fourth-order valence-electron chi connectivity index (χ4n) is 2.96. The first kappa shape index (κ1) is 23.9. The predicted octanol–water partition coefficient (Wildman–Crippen LogP) is 4.42. The van der Waals surface area contributed by atoms with Gasteiger partial charge in [-0.25, -0.2) is 0 Å². The van der Waals surface area contributed by atoms with Crippen molar-refractivity contribution in [2.45, 2.75) is 109 Å². The Hall–Kier alpha value is -1.10. The summed E-state index contributed by atoms with van der Waals surface area (Å²) in [6, 6.07) is 0. The summed E-state index contributed by atoms with van der Waals surface area (Å²) in [5.41, 5.74) is 0. The molecular formula is C20H39NO4. The number of hydrogen-bond acceptors (Lipinski definition) is 3. The van der Waals surface area contributed by atoms with E-state index in [1.807, 2.05) is 0 Å². The molecule has 3 N–H and O–H groups in total. The molecule has 0 aliphatic carbocycles. The molecule has 5 nitrogen and oxygen atoms in total. The molecule has 0 saturated heterocycles. The van der Waals surface area contributed by atoms with Crippen LogP contribution in [0.15, 0.2) is 0 Å². The highest BCUT2D eigenvalue weighted by Gasteiger charge is 2.11. The maximum atomic E-state index is 11.4. The lowest BCUT2D eigenvalue weighted by Crippen LogP contribution is -2.31. The molecule has 0 fully saturated rings. The molecule has 0 aromatic carbocycles. The summed E-state index contributed by atoms with van der Waals surface area (Å²) in [4.78, 5) is 21.7. The molecule has 0 heterocycles. The molecule has 1 atom stereocenters. The Kier molecular flexibility index (Phi) is 16.9. The van der Waals surface area contributed by atoms with E-state index < -0.39 is 18.0 Å². The van der Waals surface area contributed by atoms with E-state index in [1.165, 1.54) is 70.6 Å². The molecule has 1 unspecified atom stereocenters. The number of carbonyl (C=O) groups excluding carboxylic acids is 1. The fourth-order valence-corrected chi connectivity index (χ4v) is 2.96. The van der Waals surface area contributed by atoms with Crippen molar-refractivity contribution in [3.05, 3.63) is 0 Å². The average molecular weight is 358 g/mol. The zero-order chi connectivity index (χ0) is 18.8. The Morgan fingerprint density at radius 2 is 1.24 bits per heavy atom. The van der Waals surface area contributed by atoms with Crippen LogP contribution in [0.1, 0.15) is 103 Å². The van der Waals surface area contributed by atoms with Gasteiger partial charge in [-0.2, -0.15) is 0 Å². The number of unbranched alkanes of at least 4 members (excludes halogenated alkanes) is 12. The first-order chi connectivity index (χ1) is 12.1. The van der Waals surface area contributed by atoms with Gasteiger partial charge < -0.3 is 15.5 Å². The number of hydrogen-bond donors (Lipinski definition) is 3. The standard InChI is InChI=1S/C20H39NO4/c1-2-3-4-5-6-7-8-9-10-11-12-13-14-15-18(22)16-19(23)21-17-20(24)25/h18,22H,2-17H2,1H3,(H,21,23)(H,24,25). The summed E-state index contributed by atoms with van der Waals surface area (Å²) >= 11 is 0. The molecular weight excluding hydrogens is 318 g/mol. The molecule has 0 bridgehead atoms. The number of nitrogens with one attached hydrogen (secondary N) is 1. The van der Waals surface area contributed by atoms with Crippen molar-refractivity contribution < 1.29 is 19.8 Å². The summed E-state index contributed by atoms with van der Waals surface area (Å²) in [5, 5.41) is 20.5. The molecule has 0 rings (SSSR count). The van der Waals surface area contributed by atoms with Crippen molar-refractivity contribution in [1.29, 1.82) is 0 Å². The largest absolute Gasteiger partial charge is 0.480 e. The van der Waals surface area contributed by atoms with Gasteiger partial charge >= 0.3 is 5.97 Å². The van der Waals surface area contributed by atoms with Gasteiger partial charge in [-0.15, -0.1) is 0 Å². The van der Waals surface area contributed by atoms with E-state index in [9.17, 15) is 14.7 Å². The number of rotatable bonds is 18. The Bertz CT molecular complexity index is 334. The van der Waals surface area contributed by atoms with Crippen LogP contribution >= 0.6 is 0 Å². The summed E-state index contributed by atoms with van der Waals surface area (Å²) in [7, 11) is 0. The molecule has 0 saturated carbocycles. The van der Waals surface area contributed by atoms with Crippen LogP contribution in [0, 0.1) is 0 Å². The Labute approximate surface area is 153 Å². The highest BCUT2D eigenvalue weighted by atomic mass is 16.4. The van der Waals surface area contributed by atoms with E-state index in [0.717, 1.165) is 12.8 Å². The molecule has 0 aromatic heterocycles. The molecule has 5 heteroatoms. The predicted molar refractivity (Wildman–Crippen MR) is 102 cm³/mol. The smallest absolute Gasteiger partial charge is 0.322 e. The highest BCUT2D eigenvalue weighted by Crippen LogP contribution is 2.13. The van der Waals surface area contributed by atoms with Gasteiger partial charge in [0.15, 0.2) is 0 Å². The normalized spacial score (nSPS) is 12.1. The number of aliphatic carboxylic acids is 1. The maximum Gasteiger partial charge on any atom is 0.322 e. The number of aliphatic hydroxyl groups is 1. The lowest BCUT2D eigenvalue weighted by atomic mass is 10.0. The molecule has 0 spiro atoms. The number of carboxylic acids is 1. The Balaban J connectivity index is 3.27. The van der Waals surface area contributed by atoms with Gasteiger partial charge in [-0.1, -0.05) is 90.4 Å². The van der Waals surface area contributed by atoms with Crippen LogP contribution in [0.5, 0.6) is 0 Å². The second kappa shape index (κ2) is 17.7. The fraction of sp³-hybridized carbons (Fsp3) is 0.900. The third-order valence-corrected chi connectivity index (χ3v) is 4.50. The van der Waals surface area contributed by atoms with E-state index in [0.29, 0.717) is 6.42 Å². The Morgan fingerprint density at radius 3 is 1.68 bits per heavy atom. The van der Waals surface area contributed by atoms with Gasteiger partial charge in [0, 0.05) is 0 Å². The van der Waals surface area contributed by atoms with Crippen molar-refractivity contribution in [3.63, 3.8) is 0 Å². The second-order valence-corrected chi connectivity index (χ2v) is 7.06. The second-order valence-electron chi connectivity index (χ2n) is 7.06. The molecule has 25 heavy (non-hydrogen) atoms. The van der Waals surface area contributed by atoms with Crippen LogP contribution < -0.4 is 5.32 Å². The molecule has 0 radical (unpaired) electrons. The third kappa shape index (κ3) is 19.1. The van der Waals surface area contributed by atoms with Crippen molar-refractivity contribution in [2.75, 3.05) is 6.54 Å². The van der Waals surface area contributed by atoms with Gasteiger partial charge in [0.2, 0.25) is 5.91 Å². The maximum absolute atomic E-state index is 11.4. The van der Waals surface area contributed by atoms with Crippen LogP contribution in [-0.2, 0) is 9.59 Å². The number of aliphatic hydroxyl groups excluding tert-OH is 1.